The summed E-state index contributed by atoms with van der Waals surface area (Å²) in [6, 6.07) is -2.24. The summed E-state index contributed by atoms with van der Waals surface area (Å²) in [4.78, 5) is 23.9. The molecule has 19 heavy (non-hydrogen) atoms. The molecule has 2 rings (SSSR count). The number of primary amides is 1. The van der Waals surface area contributed by atoms with Gasteiger partial charge >= 0.3 is 12.1 Å². The zero-order valence-electron chi connectivity index (χ0n) is 9.79. The molecular weight excluding hydrogens is 262 g/mol. The monoisotopic (exact) mass is 277 g/mol. The second-order valence-corrected chi connectivity index (χ2v) is 4.34. The predicted molar refractivity (Wildman–Crippen MR) is 57.0 cm³/mol. The van der Waals surface area contributed by atoms with Crippen LogP contribution in [0, 0.1) is 0 Å². The number of carbonyl (C=O) groups excluding carboxylic acids is 2. The number of aliphatic hydroxyl groups is 4. The minimum Gasteiger partial charge on any atom is -0.394 e. The van der Waals surface area contributed by atoms with Crippen LogP contribution in [0.15, 0.2) is 0 Å². The first-order valence-corrected chi connectivity index (χ1v) is 5.60. The van der Waals surface area contributed by atoms with Gasteiger partial charge in [0.2, 0.25) is 0 Å². The fourth-order valence-corrected chi connectivity index (χ4v) is 2.20. The Hall–Kier alpha value is -1.46. The molecule has 2 heterocycles. The number of hydrogen-bond donors (Lipinski definition) is 5. The van der Waals surface area contributed by atoms with E-state index in [9.17, 15) is 24.9 Å². The zero-order chi connectivity index (χ0) is 14.3. The summed E-state index contributed by atoms with van der Waals surface area (Å²) in [5.74, 6) is 0. The first-order chi connectivity index (χ1) is 8.88. The van der Waals surface area contributed by atoms with Crippen LogP contribution in [0.25, 0.3) is 0 Å². The van der Waals surface area contributed by atoms with Crippen molar-refractivity contribution in [3.8, 4) is 0 Å². The van der Waals surface area contributed by atoms with E-state index in [-0.39, 0.29) is 11.3 Å². The molecule has 2 aliphatic rings. The predicted octanol–water partition coefficient (Wildman–Crippen LogP) is -3.09. The Bertz CT molecular complexity index is 392. The summed E-state index contributed by atoms with van der Waals surface area (Å²) < 4.78 is 5.18. The minimum absolute atomic E-state index is 0.0622. The summed E-state index contributed by atoms with van der Waals surface area (Å²) in [5, 5.41) is 37.8. The van der Waals surface area contributed by atoms with Gasteiger partial charge in [-0.15, -0.1) is 0 Å². The number of hydrogen-bond acceptors (Lipinski definition) is 7. The van der Waals surface area contributed by atoms with E-state index in [1.165, 1.54) is 0 Å². The molecule has 0 bridgehead atoms. The molecule has 10 nitrogen and oxygen atoms in total. The number of rotatable bonds is 2. The van der Waals surface area contributed by atoms with Crippen molar-refractivity contribution < 1.29 is 34.8 Å². The molecule has 108 valence electrons. The van der Waals surface area contributed by atoms with Crippen LogP contribution in [0.1, 0.15) is 6.42 Å². The van der Waals surface area contributed by atoms with E-state index in [2.05, 4.69) is 0 Å². The van der Waals surface area contributed by atoms with E-state index < -0.39 is 49.6 Å². The van der Waals surface area contributed by atoms with Crippen LogP contribution in [0.5, 0.6) is 0 Å². The van der Waals surface area contributed by atoms with Gasteiger partial charge in [0.15, 0.2) is 12.5 Å². The standard InChI is InChI=1S/C9H15N3O7/c10-8(17)12-7(16)6(15)11(9(12)18)5-1-3(14)4(2-13)19-5/h3-7,13-16H,1-2H2,(H2,10,17)/t3-,4+,5+,6-,7-/m0/s1. The summed E-state index contributed by atoms with van der Waals surface area (Å²) in [6.07, 6.45) is -6.56. The van der Waals surface area contributed by atoms with Gasteiger partial charge in [-0.2, -0.15) is 0 Å². The van der Waals surface area contributed by atoms with Gasteiger partial charge in [0.1, 0.15) is 12.3 Å². The molecular formula is C9H15N3O7. The third kappa shape index (κ3) is 2.13. The maximum atomic E-state index is 11.9. The quantitative estimate of drug-likeness (QED) is 0.358. The lowest BCUT2D eigenvalue weighted by Crippen LogP contribution is -2.45. The minimum atomic E-state index is -1.81. The van der Waals surface area contributed by atoms with Crippen molar-refractivity contribution in [3.05, 3.63) is 0 Å². The number of amides is 4. The largest absolute Gasteiger partial charge is 0.394 e. The number of nitrogens with two attached hydrogens (primary N) is 1. The number of nitrogens with zero attached hydrogens (tertiary/aromatic N) is 2. The zero-order valence-corrected chi connectivity index (χ0v) is 9.79. The van der Waals surface area contributed by atoms with Gasteiger partial charge in [0.25, 0.3) is 0 Å². The van der Waals surface area contributed by atoms with Crippen LogP contribution in [0.2, 0.25) is 0 Å². The highest BCUT2D eigenvalue weighted by molar-refractivity contribution is 5.94. The molecule has 0 aromatic heterocycles. The highest BCUT2D eigenvalue weighted by atomic mass is 16.6. The van der Waals surface area contributed by atoms with Crippen molar-refractivity contribution in [2.45, 2.75) is 37.3 Å². The van der Waals surface area contributed by atoms with Gasteiger partial charge in [0, 0.05) is 6.42 Å². The first kappa shape index (κ1) is 14.0. The summed E-state index contributed by atoms with van der Waals surface area (Å²) >= 11 is 0. The third-order valence-corrected chi connectivity index (χ3v) is 3.17. The van der Waals surface area contributed by atoms with E-state index in [0.29, 0.717) is 4.90 Å². The topological polar surface area (TPSA) is 157 Å². The molecule has 2 aliphatic heterocycles. The van der Waals surface area contributed by atoms with Gasteiger partial charge < -0.3 is 30.9 Å². The molecule has 6 N–H and O–H groups in total. The Morgan fingerprint density at radius 3 is 2.42 bits per heavy atom. The number of imide groups is 1. The number of carbonyl (C=O) groups is 2. The Labute approximate surface area is 107 Å². The number of aliphatic hydroxyl groups excluding tert-OH is 4. The van der Waals surface area contributed by atoms with Gasteiger partial charge in [-0.3, -0.25) is 4.90 Å². The van der Waals surface area contributed by atoms with Gasteiger partial charge in [-0.25, -0.2) is 14.5 Å². The summed E-state index contributed by atoms with van der Waals surface area (Å²) in [5.41, 5.74) is 4.92. The lowest BCUT2D eigenvalue weighted by molar-refractivity contribution is -0.126. The van der Waals surface area contributed by atoms with E-state index in [0.717, 1.165) is 0 Å². The van der Waals surface area contributed by atoms with Crippen molar-refractivity contribution in [2.75, 3.05) is 6.61 Å². The van der Waals surface area contributed by atoms with E-state index >= 15 is 0 Å². The first-order valence-electron chi connectivity index (χ1n) is 5.60. The smallest absolute Gasteiger partial charge is 0.334 e. The van der Waals surface area contributed by atoms with Crippen molar-refractivity contribution in [2.24, 2.45) is 5.73 Å². The molecule has 5 atom stereocenters. The molecule has 2 fully saturated rings. The molecule has 0 radical (unpaired) electrons. The van der Waals surface area contributed by atoms with Crippen molar-refractivity contribution >= 4 is 12.1 Å². The van der Waals surface area contributed by atoms with Crippen molar-refractivity contribution in [1.82, 2.24) is 9.80 Å². The fourth-order valence-electron chi connectivity index (χ4n) is 2.20. The van der Waals surface area contributed by atoms with Gasteiger partial charge in [-0.1, -0.05) is 0 Å². The van der Waals surface area contributed by atoms with Gasteiger partial charge in [-0.05, 0) is 0 Å². The van der Waals surface area contributed by atoms with E-state index in [1.54, 1.807) is 0 Å². The van der Waals surface area contributed by atoms with Crippen molar-refractivity contribution in [3.63, 3.8) is 0 Å². The molecule has 2 saturated heterocycles. The lowest BCUT2D eigenvalue weighted by Gasteiger charge is -2.25. The second kappa shape index (κ2) is 4.90. The van der Waals surface area contributed by atoms with Crippen LogP contribution in [-0.2, 0) is 4.74 Å². The Kier molecular flexibility index (Phi) is 3.60. The van der Waals surface area contributed by atoms with E-state index in [4.69, 9.17) is 15.6 Å². The van der Waals surface area contributed by atoms with Crippen LogP contribution in [-0.4, -0.2) is 79.8 Å². The molecule has 0 aromatic carbocycles. The van der Waals surface area contributed by atoms with Gasteiger partial charge in [0.05, 0.1) is 12.7 Å². The molecule has 10 heteroatoms. The number of urea groups is 2. The van der Waals surface area contributed by atoms with E-state index in [1.807, 2.05) is 0 Å². The van der Waals surface area contributed by atoms with Crippen LogP contribution in [0.4, 0.5) is 9.59 Å². The van der Waals surface area contributed by atoms with Crippen LogP contribution >= 0.6 is 0 Å². The Balaban J connectivity index is 2.17. The van der Waals surface area contributed by atoms with Crippen molar-refractivity contribution in [1.29, 1.82) is 0 Å². The summed E-state index contributed by atoms with van der Waals surface area (Å²) in [6.45, 7) is -0.460. The maximum Gasteiger partial charge on any atom is 0.334 e. The van der Waals surface area contributed by atoms with Crippen LogP contribution < -0.4 is 5.73 Å². The Morgan fingerprint density at radius 2 is 2.00 bits per heavy atom. The molecule has 0 spiro atoms. The van der Waals surface area contributed by atoms with Crippen LogP contribution in [0.3, 0.4) is 0 Å². The molecule has 0 aromatic rings. The number of ether oxygens (including phenoxy) is 1. The second-order valence-electron chi connectivity index (χ2n) is 4.34. The molecule has 0 aliphatic carbocycles. The fraction of sp³-hybridized carbons (Fsp3) is 0.778. The Morgan fingerprint density at radius 1 is 1.37 bits per heavy atom. The summed E-state index contributed by atoms with van der Waals surface area (Å²) in [7, 11) is 0. The highest BCUT2D eigenvalue weighted by Crippen LogP contribution is 2.30. The maximum absolute atomic E-state index is 11.9. The SMILES string of the molecule is NC(=O)N1C(=O)N([C@H]2C[C@H](O)[C@@H](CO)O2)[C@@H](O)[C@@H]1O. The molecule has 4 amide bonds. The average Bonchev–Trinajstić information content (AvgIpc) is 2.79. The third-order valence-electron chi connectivity index (χ3n) is 3.17. The lowest BCUT2D eigenvalue weighted by atomic mass is 10.2. The normalized spacial score (nSPS) is 39.2. The highest BCUT2D eigenvalue weighted by Gasteiger charge is 2.52. The average molecular weight is 277 g/mol. The molecule has 0 unspecified atom stereocenters. The molecule has 0 saturated carbocycles.